The van der Waals surface area contributed by atoms with Gasteiger partial charge in [0.1, 0.15) is 0 Å². The molecule has 1 N–H and O–H groups in total. The van der Waals surface area contributed by atoms with Gasteiger partial charge in [0.25, 0.3) is 0 Å². The molecular weight excluding hydrogens is 396 g/mol. The van der Waals surface area contributed by atoms with Gasteiger partial charge in [-0.3, -0.25) is 9.69 Å². The molecule has 0 atom stereocenters. The highest BCUT2D eigenvalue weighted by molar-refractivity contribution is 5.94. The lowest BCUT2D eigenvalue weighted by atomic mass is 10.2. The highest BCUT2D eigenvalue weighted by Gasteiger charge is 2.21. The predicted molar refractivity (Wildman–Crippen MR) is 131 cm³/mol. The van der Waals surface area contributed by atoms with Crippen molar-refractivity contribution in [2.24, 2.45) is 0 Å². The van der Waals surface area contributed by atoms with E-state index in [-0.39, 0.29) is 5.91 Å². The Morgan fingerprint density at radius 3 is 2.28 bits per heavy atom. The summed E-state index contributed by atoms with van der Waals surface area (Å²) < 4.78 is 0. The molecule has 2 aliphatic heterocycles. The van der Waals surface area contributed by atoms with Crippen molar-refractivity contribution in [2.45, 2.75) is 13.0 Å². The third-order valence-electron chi connectivity index (χ3n) is 6.46. The molecule has 2 heterocycles. The second-order valence-electron chi connectivity index (χ2n) is 8.64. The monoisotopic (exact) mass is 426 g/mol. The van der Waals surface area contributed by atoms with E-state index < -0.39 is 0 Å². The lowest BCUT2D eigenvalue weighted by Gasteiger charge is -2.36. The Morgan fingerprint density at radius 1 is 0.781 bits per heavy atom. The maximum absolute atomic E-state index is 12.6. The van der Waals surface area contributed by atoms with E-state index in [1.165, 1.54) is 22.5 Å². The van der Waals surface area contributed by atoms with E-state index >= 15 is 0 Å². The second-order valence-corrected chi connectivity index (χ2v) is 8.64. The number of benzene rings is 3. The lowest BCUT2D eigenvalue weighted by molar-refractivity contribution is -0.115. The molecule has 2 aliphatic rings. The van der Waals surface area contributed by atoms with Gasteiger partial charge in [-0.1, -0.05) is 48.5 Å². The number of fused-ring (bicyclic) bond motifs is 1. The molecule has 5 heteroatoms. The Hall–Kier alpha value is -3.31. The number of hydrogen-bond acceptors (Lipinski definition) is 4. The summed E-state index contributed by atoms with van der Waals surface area (Å²) in [6.45, 7) is 6.47. The fourth-order valence-electron chi connectivity index (χ4n) is 4.71. The summed E-state index contributed by atoms with van der Waals surface area (Å²) in [5.74, 6) is 0.0315. The molecule has 3 aromatic carbocycles. The largest absolute Gasteiger partial charge is 0.369 e. The fraction of sp³-hybridized carbons (Fsp3) is 0.296. The number of nitrogens with zero attached hydrogens (tertiary/aromatic N) is 3. The first kappa shape index (κ1) is 20.6. The minimum atomic E-state index is 0.0315. The van der Waals surface area contributed by atoms with Crippen LogP contribution >= 0.6 is 0 Å². The normalized spacial score (nSPS) is 16.1. The van der Waals surface area contributed by atoms with Crippen LogP contribution in [0.5, 0.6) is 0 Å². The van der Waals surface area contributed by atoms with Gasteiger partial charge in [0, 0.05) is 56.3 Å². The Balaban J connectivity index is 1.11. The van der Waals surface area contributed by atoms with E-state index in [4.69, 9.17) is 0 Å². The quantitative estimate of drug-likeness (QED) is 0.647. The average Bonchev–Trinajstić information content (AvgIpc) is 3.23. The van der Waals surface area contributed by atoms with E-state index in [0.717, 1.165) is 51.4 Å². The van der Waals surface area contributed by atoms with Gasteiger partial charge in [0.2, 0.25) is 5.91 Å². The van der Waals surface area contributed by atoms with Crippen LogP contribution in [-0.4, -0.2) is 50.1 Å². The zero-order valence-electron chi connectivity index (χ0n) is 18.4. The molecule has 0 saturated carbocycles. The smallest absolute Gasteiger partial charge is 0.243 e. The van der Waals surface area contributed by atoms with E-state index in [2.05, 4.69) is 80.7 Å². The summed E-state index contributed by atoms with van der Waals surface area (Å²) in [5.41, 5.74) is 5.96. The predicted octanol–water partition coefficient (Wildman–Crippen LogP) is 4.01. The molecule has 32 heavy (non-hydrogen) atoms. The van der Waals surface area contributed by atoms with Gasteiger partial charge in [0.15, 0.2) is 0 Å². The molecule has 0 bridgehead atoms. The van der Waals surface area contributed by atoms with Crippen molar-refractivity contribution in [3.8, 4) is 0 Å². The van der Waals surface area contributed by atoms with Crippen molar-refractivity contribution < 1.29 is 4.79 Å². The van der Waals surface area contributed by atoms with Crippen molar-refractivity contribution in [3.05, 3.63) is 90.0 Å². The van der Waals surface area contributed by atoms with Crippen LogP contribution in [0.2, 0.25) is 0 Å². The summed E-state index contributed by atoms with van der Waals surface area (Å²) in [6, 6.07) is 27.3. The first-order valence-corrected chi connectivity index (χ1v) is 11.5. The Morgan fingerprint density at radius 2 is 1.50 bits per heavy atom. The van der Waals surface area contributed by atoms with Crippen LogP contribution in [-0.2, 0) is 17.8 Å². The minimum Gasteiger partial charge on any atom is -0.369 e. The minimum absolute atomic E-state index is 0.0315. The molecule has 0 aromatic heterocycles. The fourth-order valence-corrected chi connectivity index (χ4v) is 4.71. The number of amides is 1. The highest BCUT2D eigenvalue weighted by Crippen LogP contribution is 2.27. The topological polar surface area (TPSA) is 38.8 Å². The van der Waals surface area contributed by atoms with Crippen molar-refractivity contribution in [2.75, 3.05) is 54.4 Å². The molecule has 5 nitrogen and oxygen atoms in total. The highest BCUT2D eigenvalue weighted by atomic mass is 16.2. The lowest BCUT2D eigenvalue weighted by Crippen LogP contribution is -2.45. The zero-order valence-corrected chi connectivity index (χ0v) is 18.4. The van der Waals surface area contributed by atoms with E-state index in [9.17, 15) is 4.79 Å². The first-order valence-electron chi connectivity index (χ1n) is 11.5. The number of anilines is 3. The summed E-state index contributed by atoms with van der Waals surface area (Å²) >= 11 is 0. The first-order chi connectivity index (χ1) is 15.7. The molecule has 0 radical (unpaired) electrons. The third kappa shape index (κ3) is 4.78. The molecule has 1 saturated heterocycles. The van der Waals surface area contributed by atoms with Gasteiger partial charge in [0.05, 0.1) is 6.54 Å². The average molecular weight is 427 g/mol. The van der Waals surface area contributed by atoms with Gasteiger partial charge in [-0.2, -0.15) is 0 Å². The number of carbonyl (C=O) groups is 1. The zero-order chi connectivity index (χ0) is 21.8. The molecule has 5 rings (SSSR count). The van der Waals surface area contributed by atoms with Crippen molar-refractivity contribution in [3.63, 3.8) is 0 Å². The van der Waals surface area contributed by atoms with Crippen molar-refractivity contribution in [1.82, 2.24) is 4.90 Å². The van der Waals surface area contributed by atoms with Crippen LogP contribution < -0.4 is 15.1 Å². The third-order valence-corrected chi connectivity index (χ3v) is 6.46. The number of hydrogen-bond donors (Lipinski definition) is 1. The summed E-state index contributed by atoms with van der Waals surface area (Å²) in [4.78, 5) is 19.7. The number of piperazine rings is 1. The Labute approximate surface area is 190 Å². The standard InChI is InChI=1S/C27H30N4O/c32-27(21-31-15-14-23-8-4-5-9-26(23)31)28-24-10-12-25(13-11-24)30-18-16-29(17-19-30)20-22-6-2-1-3-7-22/h1-13H,14-21H2,(H,28,32). The van der Waals surface area contributed by atoms with Crippen LogP contribution in [0, 0.1) is 0 Å². The number of rotatable bonds is 6. The van der Waals surface area contributed by atoms with Gasteiger partial charge in [-0.15, -0.1) is 0 Å². The molecule has 0 spiro atoms. The Kier molecular flexibility index (Phi) is 6.08. The molecule has 1 amide bonds. The van der Waals surface area contributed by atoms with Crippen LogP contribution in [0.15, 0.2) is 78.9 Å². The molecule has 1 fully saturated rings. The van der Waals surface area contributed by atoms with Crippen molar-refractivity contribution in [1.29, 1.82) is 0 Å². The van der Waals surface area contributed by atoms with Gasteiger partial charge >= 0.3 is 0 Å². The van der Waals surface area contributed by atoms with E-state index in [1.807, 2.05) is 18.2 Å². The van der Waals surface area contributed by atoms with Gasteiger partial charge in [-0.25, -0.2) is 0 Å². The number of para-hydroxylation sites is 1. The van der Waals surface area contributed by atoms with E-state index in [0.29, 0.717) is 6.54 Å². The van der Waals surface area contributed by atoms with Gasteiger partial charge < -0.3 is 15.1 Å². The van der Waals surface area contributed by atoms with Crippen LogP contribution in [0.1, 0.15) is 11.1 Å². The maximum Gasteiger partial charge on any atom is 0.243 e. The molecule has 164 valence electrons. The molecular formula is C27H30N4O. The van der Waals surface area contributed by atoms with Crippen molar-refractivity contribution >= 4 is 23.0 Å². The summed E-state index contributed by atoms with van der Waals surface area (Å²) in [7, 11) is 0. The molecule has 0 aliphatic carbocycles. The number of carbonyl (C=O) groups excluding carboxylic acids is 1. The SMILES string of the molecule is O=C(CN1CCc2ccccc21)Nc1ccc(N2CCN(Cc3ccccc3)CC2)cc1. The van der Waals surface area contributed by atoms with Crippen LogP contribution in [0.3, 0.4) is 0 Å². The molecule has 3 aromatic rings. The Bertz CT molecular complexity index is 1040. The van der Waals surface area contributed by atoms with E-state index in [1.54, 1.807) is 0 Å². The summed E-state index contributed by atoms with van der Waals surface area (Å²) in [5, 5.41) is 3.06. The second kappa shape index (κ2) is 9.45. The van der Waals surface area contributed by atoms with Gasteiger partial charge in [-0.05, 0) is 47.9 Å². The van der Waals surface area contributed by atoms with Crippen LogP contribution in [0.4, 0.5) is 17.1 Å². The molecule has 0 unspecified atom stereocenters. The maximum atomic E-state index is 12.6. The van der Waals surface area contributed by atoms with Crippen LogP contribution in [0.25, 0.3) is 0 Å². The number of nitrogens with one attached hydrogen (secondary N) is 1. The summed E-state index contributed by atoms with van der Waals surface area (Å²) in [6.07, 6.45) is 1.01.